The van der Waals surface area contributed by atoms with Crippen LogP contribution < -0.4 is 10.1 Å². The number of rotatable bonds is 9. The largest absolute Gasteiger partial charge is 0.497 e. The van der Waals surface area contributed by atoms with Crippen molar-refractivity contribution < 1.29 is 28.3 Å². The third kappa shape index (κ3) is 5.16. The van der Waals surface area contributed by atoms with Crippen molar-refractivity contribution in [1.82, 2.24) is 10.5 Å². The molecule has 0 bridgehead atoms. The molecule has 0 atom stereocenters. The molecule has 0 aliphatic carbocycles. The molecule has 0 fully saturated rings. The molecule has 1 aromatic heterocycles. The lowest BCUT2D eigenvalue weighted by atomic mass is 9.79. The van der Waals surface area contributed by atoms with Crippen LogP contribution in [0.3, 0.4) is 0 Å². The zero-order valence-electron chi connectivity index (χ0n) is 20.6. The zero-order chi connectivity index (χ0) is 24.8. The summed E-state index contributed by atoms with van der Waals surface area (Å²) in [6, 6.07) is 7.80. The Morgan fingerprint density at radius 1 is 1.00 bits per heavy atom. The summed E-state index contributed by atoms with van der Waals surface area (Å²) < 4.78 is 21.8. The lowest BCUT2D eigenvalue weighted by Crippen LogP contribution is -2.33. The van der Waals surface area contributed by atoms with E-state index in [9.17, 15) is 9.59 Å². The van der Waals surface area contributed by atoms with Crippen LogP contribution in [0.5, 0.6) is 5.75 Å². The van der Waals surface area contributed by atoms with E-state index in [-0.39, 0.29) is 13.2 Å². The molecular formula is C26H32N2O6. The van der Waals surface area contributed by atoms with Gasteiger partial charge in [0.1, 0.15) is 11.5 Å². The Bertz CT molecular complexity index is 1090. The van der Waals surface area contributed by atoms with Gasteiger partial charge in [-0.15, -0.1) is 0 Å². The molecule has 0 saturated carbocycles. The number of hydrogen-bond donors (Lipinski definition) is 1. The number of aryl methyl sites for hydroxylation is 3. The highest BCUT2D eigenvalue weighted by Gasteiger charge is 2.41. The number of carbonyl (C=O) groups excluding carboxylic acids is 2. The summed E-state index contributed by atoms with van der Waals surface area (Å²) in [5.74, 6) is -0.323. The standard InChI is InChI=1S/C26H32N2O6/c1-7-32-25(29)22-15(3)27-16(4)23(26(30)33-8-2)24(22)21-17(5)28-34-20(21)13-12-18-10-9-11-19(14-18)31-6/h9-11,14,24,27H,7-8,12-13H2,1-6H3. The van der Waals surface area contributed by atoms with Crippen LogP contribution >= 0.6 is 0 Å². The van der Waals surface area contributed by atoms with Crippen molar-refractivity contribution in [2.75, 3.05) is 20.3 Å². The van der Waals surface area contributed by atoms with Gasteiger partial charge in [0.05, 0.1) is 43.1 Å². The number of benzene rings is 1. The molecule has 1 N–H and O–H groups in total. The minimum Gasteiger partial charge on any atom is -0.497 e. The molecule has 34 heavy (non-hydrogen) atoms. The first-order valence-corrected chi connectivity index (χ1v) is 11.4. The smallest absolute Gasteiger partial charge is 0.336 e. The second-order valence-electron chi connectivity index (χ2n) is 8.03. The number of nitrogens with zero attached hydrogens (tertiary/aromatic N) is 1. The molecular weight excluding hydrogens is 436 g/mol. The fraction of sp³-hybridized carbons (Fsp3) is 0.423. The van der Waals surface area contributed by atoms with E-state index in [1.807, 2.05) is 31.2 Å². The van der Waals surface area contributed by atoms with Crippen molar-refractivity contribution in [3.05, 3.63) is 69.4 Å². The number of ether oxygens (including phenoxy) is 3. The monoisotopic (exact) mass is 468 g/mol. The second-order valence-corrected chi connectivity index (χ2v) is 8.03. The maximum Gasteiger partial charge on any atom is 0.336 e. The molecule has 0 amide bonds. The van der Waals surface area contributed by atoms with E-state index in [2.05, 4.69) is 10.5 Å². The maximum absolute atomic E-state index is 13.1. The van der Waals surface area contributed by atoms with E-state index >= 15 is 0 Å². The van der Waals surface area contributed by atoms with Crippen molar-refractivity contribution >= 4 is 11.9 Å². The Morgan fingerprint density at radius 3 is 2.18 bits per heavy atom. The zero-order valence-corrected chi connectivity index (χ0v) is 20.6. The Morgan fingerprint density at radius 2 is 1.62 bits per heavy atom. The van der Waals surface area contributed by atoms with Gasteiger partial charge >= 0.3 is 11.9 Å². The molecule has 1 aliphatic heterocycles. The minimum atomic E-state index is -0.717. The van der Waals surface area contributed by atoms with Crippen molar-refractivity contribution in [2.45, 2.75) is 53.4 Å². The van der Waals surface area contributed by atoms with Crippen LogP contribution in [0.2, 0.25) is 0 Å². The number of aromatic nitrogens is 1. The molecule has 2 aromatic rings. The van der Waals surface area contributed by atoms with Gasteiger partial charge in [-0.3, -0.25) is 0 Å². The molecule has 0 radical (unpaired) electrons. The van der Waals surface area contributed by atoms with Crippen LogP contribution in [0.4, 0.5) is 0 Å². The van der Waals surface area contributed by atoms with Crippen molar-refractivity contribution in [3.8, 4) is 5.75 Å². The van der Waals surface area contributed by atoms with Gasteiger partial charge in [-0.2, -0.15) is 0 Å². The summed E-state index contributed by atoms with van der Waals surface area (Å²) in [7, 11) is 1.63. The van der Waals surface area contributed by atoms with Gasteiger partial charge in [-0.1, -0.05) is 17.3 Å². The highest BCUT2D eigenvalue weighted by Crippen LogP contribution is 2.42. The Labute approximate surface area is 199 Å². The summed E-state index contributed by atoms with van der Waals surface area (Å²) in [6.45, 7) is 9.32. The van der Waals surface area contributed by atoms with E-state index in [1.54, 1.807) is 34.8 Å². The molecule has 8 heteroatoms. The van der Waals surface area contributed by atoms with E-state index in [0.717, 1.165) is 11.3 Å². The number of hydrogen-bond acceptors (Lipinski definition) is 8. The number of methoxy groups -OCH3 is 1. The first-order chi connectivity index (χ1) is 16.3. The fourth-order valence-corrected chi connectivity index (χ4v) is 4.30. The second kappa shape index (κ2) is 11.0. The van der Waals surface area contributed by atoms with E-state index in [0.29, 0.717) is 52.4 Å². The average Bonchev–Trinajstić information content (AvgIpc) is 3.17. The molecule has 3 rings (SSSR count). The van der Waals surface area contributed by atoms with Gasteiger partial charge in [0.2, 0.25) is 0 Å². The van der Waals surface area contributed by atoms with Crippen LogP contribution in [0.1, 0.15) is 56.2 Å². The molecule has 2 heterocycles. The lowest BCUT2D eigenvalue weighted by molar-refractivity contribution is -0.139. The minimum absolute atomic E-state index is 0.213. The number of esters is 2. The van der Waals surface area contributed by atoms with Crippen molar-refractivity contribution in [1.29, 1.82) is 0 Å². The summed E-state index contributed by atoms with van der Waals surface area (Å²) in [4.78, 5) is 26.1. The van der Waals surface area contributed by atoms with E-state index in [1.165, 1.54) is 0 Å². The topological polar surface area (TPSA) is 99.9 Å². The summed E-state index contributed by atoms with van der Waals surface area (Å²) in [5.41, 5.74) is 4.31. The van der Waals surface area contributed by atoms with Gasteiger partial charge in [0.25, 0.3) is 0 Å². The molecule has 1 aromatic carbocycles. The van der Waals surface area contributed by atoms with Crippen LogP contribution in [0, 0.1) is 6.92 Å². The van der Waals surface area contributed by atoms with Gasteiger partial charge in [0, 0.05) is 23.4 Å². The van der Waals surface area contributed by atoms with Crippen LogP contribution in [0.15, 0.2) is 51.3 Å². The predicted molar refractivity (Wildman–Crippen MR) is 126 cm³/mol. The Balaban J connectivity index is 2.08. The van der Waals surface area contributed by atoms with Crippen LogP contribution in [-0.4, -0.2) is 37.4 Å². The number of carbonyl (C=O) groups is 2. The summed E-state index contributed by atoms with van der Waals surface area (Å²) >= 11 is 0. The third-order valence-corrected chi connectivity index (χ3v) is 5.80. The van der Waals surface area contributed by atoms with E-state index < -0.39 is 17.9 Å². The van der Waals surface area contributed by atoms with Gasteiger partial charge in [-0.25, -0.2) is 9.59 Å². The predicted octanol–water partition coefficient (Wildman–Crippen LogP) is 4.14. The number of dihydropyridines is 1. The summed E-state index contributed by atoms with van der Waals surface area (Å²) in [6.07, 6.45) is 1.19. The molecule has 0 unspecified atom stereocenters. The molecule has 0 spiro atoms. The van der Waals surface area contributed by atoms with Crippen molar-refractivity contribution in [2.24, 2.45) is 0 Å². The highest BCUT2D eigenvalue weighted by molar-refractivity contribution is 6.00. The summed E-state index contributed by atoms with van der Waals surface area (Å²) in [5, 5.41) is 7.35. The molecule has 8 nitrogen and oxygen atoms in total. The Hall–Kier alpha value is -3.55. The first kappa shape index (κ1) is 25.1. The van der Waals surface area contributed by atoms with Crippen molar-refractivity contribution in [3.63, 3.8) is 0 Å². The molecule has 1 aliphatic rings. The molecule has 182 valence electrons. The van der Waals surface area contributed by atoms with Crippen LogP contribution in [-0.2, 0) is 31.9 Å². The van der Waals surface area contributed by atoms with Gasteiger partial charge in [-0.05, 0) is 58.7 Å². The van der Waals surface area contributed by atoms with E-state index in [4.69, 9.17) is 18.7 Å². The van der Waals surface area contributed by atoms with Gasteiger partial charge in [0.15, 0.2) is 0 Å². The fourth-order valence-electron chi connectivity index (χ4n) is 4.30. The lowest BCUT2D eigenvalue weighted by Gasteiger charge is -2.30. The normalized spacial score (nSPS) is 14.2. The highest BCUT2D eigenvalue weighted by atomic mass is 16.5. The van der Waals surface area contributed by atoms with Gasteiger partial charge < -0.3 is 24.1 Å². The number of allylic oxidation sites excluding steroid dienone is 2. The quantitative estimate of drug-likeness (QED) is 0.548. The third-order valence-electron chi connectivity index (χ3n) is 5.80. The first-order valence-electron chi connectivity index (χ1n) is 11.4. The SMILES string of the molecule is CCOC(=O)C1=C(C)NC(C)=C(C(=O)OCC)C1c1c(C)noc1CCc1cccc(OC)c1. The average molecular weight is 469 g/mol. The Kier molecular flexibility index (Phi) is 8.15. The molecule has 0 saturated heterocycles. The maximum atomic E-state index is 13.1. The van der Waals surface area contributed by atoms with Crippen LogP contribution in [0.25, 0.3) is 0 Å². The number of nitrogens with one attached hydrogen (secondary N) is 1.